The van der Waals surface area contributed by atoms with E-state index < -0.39 is 11.6 Å². The predicted molar refractivity (Wildman–Crippen MR) is 140 cm³/mol. The zero-order chi connectivity index (χ0) is 25.7. The van der Waals surface area contributed by atoms with Crippen LogP contribution < -0.4 is 10.1 Å². The van der Waals surface area contributed by atoms with Gasteiger partial charge in [-0.05, 0) is 68.0 Å². The van der Waals surface area contributed by atoms with Crippen LogP contribution in [0, 0.1) is 0 Å². The highest BCUT2D eigenvalue weighted by molar-refractivity contribution is 6.35. The van der Waals surface area contributed by atoms with Crippen LogP contribution in [0.3, 0.4) is 0 Å². The van der Waals surface area contributed by atoms with Crippen LogP contribution in [0.25, 0.3) is 0 Å². The zero-order valence-corrected chi connectivity index (χ0v) is 22.7. The monoisotopic (exact) mass is 506 g/mol. The third-order valence-electron chi connectivity index (χ3n) is 5.32. The smallest absolute Gasteiger partial charge is 0.261 e. The summed E-state index contributed by atoms with van der Waals surface area (Å²) in [7, 11) is 0. The van der Waals surface area contributed by atoms with E-state index in [1.807, 2.05) is 52.0 Å². The van der Waals surface area contributed by atoms with Crippen molar-refractivity contribution in [2.45, 2.75) is 78.4 Å². The molecule has 2 rings (SSSR count). The number of hydrogen-bond donors (Lipinski definition) is 1. The Morgan fingerprint density at radius 3 is 2.12 bits per heavy atom. The van der Waals surface area contributed by atoms with Gasteiger partial charge in [-0.3, -0.25) is 9.59 Å². The van der Waals surface area contributed by atoms with Crippen LogP contribution in [-0.2, 0) is 21.5 Å². The van der Waals surface area contributed by atoms with E-state index in [0.29, 0.717) is 27.8 Å². The molecule has 0 unspecified atom stereocenters. The van der Waals surface area contributed by atoms with Gasteiger partial charge < -0.3 is 15.0 Å². The Hall–Kier alpha value is -2.24. The Labute approximate surface area is 213 Å². The van der Waals surface area contributed by atoms with E-state index in [4.69, 9.17) is 27.9 Å². The van der Waals surface area contributed by atoms with Gasteiger partial charge in [0.15, 0.2) is 6.61 Å². The fourth-order valence-electron chi connectivity index (χ4n) is 3.48. The van der Waals surface area contributed by atoms with Crippen molar-refractivity contribution in [3.05, 3.63) is 63.6 Å². The summed E-state index contributed by atoms with van der Waals surface area (Å²) in [6.07, 6.45) is 0.444. The molecule has 7 heteroatoms. The van der Waals surface area contributed by atoms with Crippen molar-refractivity contribution in [2.75, 3.05) is 6.61 Å². The zero-order valence-electron chi connectivity index (χ0n) is 21.2. The first kappa shape index (κ1) is 28.0. The average Bonchev–Trinajstić information content (AvgIpc) is 2.71. The van der Waals surface area contributed by atoms with Gasteiger partial charge >= 0.3 is 0 Å². The van der Waals surface area contributed by atoms with Gasteiger partial charge in [0.25, 0.3) is 5.91 Å². The van der Waals surface area contributed by atoms with Crippen molar-refractivity contribution in [1.82, 2.24) is 10.2 Å². The van der Waals surface area contributed by atoms with E-state index in [1.54, 1.807) is 18.2 Å². The van der Waals surface area contributed by atoms with Gasteiger partial charge in [-0.25, -0.2) is 0 Å². The number of amides is 2. The highest BCUT2D eigenvalue weighted by Gasteiger charge is 2.31. The number of ether oxygens (including phenoxy) is 1. The first-order valence-electron chi connectivity index (χ1n) is 11.5. The van der Waals surface area contributed by atoms with Crippen molar-refractivity contribution in [2.24, 2.45) is 0 Å². The molecular formula is C27H36Cl2N2O3. The number of rotatable bonds is 8. The van der Waals surface area contributed by atoms with Crippen LogP contribution in [0.1, 0.15) is 66.0 Å². The quantitative estimate of drug-likeness (QED) is 0.450. The molecule has 0 fully saturated rings. The molecule has 0 radical (unpaired) electrons. The fraction of sp³-hybridized carbons (Fsp3) is 0.481. The van der Waals surface area contributed by atoms with Crippen LogP contribution >= 0.6 is 23.2 Å². The van der Waals surface area contributed by atoms with Gasteiger partial charge in [-0.15, -0.1) is 0 Å². The number of hydrogen-bond acceptors (Lipinski definition) is 3. The molecule has 5 nitrogen and oxygen atoms in total. The maximum Gasteiger partial charge on any atom is 0.261 e. The Morgan fingerprint density at radius 1 is 1.00 bits per heavy atom. The number of benzene rings is 2. The highest BCUT2D eigenvalue weighted by Crippen LogP contribution is 2.26. The molecule has 186 valence electrons. The van der Waals surface area contributed by atoms with E-state index >= 15 is 0 Å². The van der Waals surface area contributed by atoms with Crippen molar-refractivity contribution < 1.29 is 14.3 Å². The largest absolute Gasteiger partial charge is 0.484 e. The highest BCUT2D eigenvalue weighted by atomic mass is 35.5. The molecule has 1 atom stereocenters. The number of carbonyl (C=O) groups excluding carboxylic acids is 2. The Kier molecular flexibility index (Phi) is 9.44. The molecule has 0 aliphatic heterocycles. The lowest BCUT2D eigenvalue weighted by Gasteiger charge is -2.33. The van der Waals surface area contributed by atoms with Gasteiger partial charge in [0.1, 0.15) is 11.8 Å². The van der Waals surface area contributed by atoms with Crippen molar-refractivity contribution in [1.29, 1.82) is 0 Å². The lowest BCUT2D eigenvalue weighted by molar-refractivity contribution is -0.143. The van der Waals surface area contributed by atoms with Gasteiger partial charge in [-0.1, -0.05) is 69.1 Å². The molecule has 2 amide bonds. The van der Waals surface area contributed by atoms with Crippen molar-refractivity contribution >= 4 is 35.0 Å². The first-order chi connectivity index (χ1) is 15.7. The van der Waals surface area contributed by atoms with Crippen molar-refractivity contribution in [3.63, 3.8) is 0 Å². The number of nitrogens with zero attached hydrogens (tertiary/aromatic N) is 1. The average molecular weight is 508 g/mol. The second kappa shape index (κ2) is 11.5. The molecule has 1 N–H and O–H groups in total. The van der Waals surface area contributed by atoms with Gasteiger partial charge in [0.2, 0.25) is 5.91 Å². The lowest BCUT2D eigenvalue weighted by Crippen LogP contribution is -2.54. The summed E-state index contributed by atoms with van der Waals surface area (Å²) >= 11 is 12.4. The molecule has 0 spiro atoms. The SMILES string of the molecule is CC[C@@H](C(=O)NC(C)(C)C)N(Cc1ccc(Cl)cc1Cl)C(=O)COc1ccc(C(C)(C)C)cc1. The standard InChI is InChI=1S/C27H36Cl2N2O3/c1-8-23(25(33)30-27(5,6)7)31(16-18-9-12-20(28)15-22(18)29)24(32)17-34-21-13-10-19(11-14-21)26(2,3)4/h9-15,23H,8,16-17H2,1-7H3,(H,30,33)/t23-/m0/s1. The Morgan fingerprint density at radius 2 is 1.62 bits per heavy atom. The molecule has 0 aromatic heterocycles. The van der Waals surface area contributed by atoms with Crippen LogP contribution in [0.4, 0.5) is 0 Å². The van der Waals surface area contributed by atoms with Gasteiger partial charge in [-0.2, -0.15) is 0 Å². The molecule has 2 aromatic rings. The molecule has 0 saturated carbocycles. The number of halogens is 2. The second-order valence-corrected chi connectivity index (χ2v) is 11.3. The second-order valence-electron chi connectivity index (χ2n) is 10.5. The van der Waals surface area contributed by atoms with E-state index in [0.717, 1.165) is 0 Å². The molecule has 0 saturated heterocycles. The molecule has 34 heavy (non-hydrogen) atoms. The molecular weight excluding hydrogens is 471 g/mol. The summed E-state index contributed by atoms with van der Waals surface area (Å²) in [5, 5.41) is 3.93. The Bertz CT molecular complexity index is 992. The third-order valence-corrected chi connectivity index (χ3v) is 5.91. The summed E-state index contributed by atoms with van der Waals surface area (Å²) < 4.78 is 5.80. The normalized spacial score (nSPS) is 12.7. The summed E-state index contributed by atoms with van der Waals surface area (Å²) in [4.78, 5) is 27.9. The molecule has 0 aliphatic carbocycles. The Balaban J connectivity index is 2.26. The maximum atomic E-state index is 13.3. The third kappa shape index (κ3) is 8.21. The molecule has 2 aromatic carbocycles. The lowest BCUT2D eigenvalue weighted by atomic mass is 9.87. The summed E-state index contributed by atoms with van der Waals surface area (Å²) in [6, 6.07) is 12.2. The molecule has 0 heterocycles. The van der Waals surface area contributed by atoms with E-state index in [2.05, 4.69) is 26.1 Å². The fourth-order valence-corrected chi connectivity index (χ4v) is 3.95. The van der Waals surface area contributed by atoms with Crippen LogP contribution in [0.5, 0.6) is 5.75 Å². The van der Waals surface area contributed by atoms with Crippen LogP contribution in [-0.4, -0.2) is 34.9 Å². The van der Waals surface area contributed by atoms with E-state index in [-0.39, 0.29) is 30.4 Å². The minimum Gasteiger partial charge on any atom is -0.484 e. The number of carbonyl (C=O) groups is 2. The van der Waals surface area contributed by atoms with E-state index in [1.165, 1.54) is 10.5 Å². The van der Waals surface area contributed by atoms with Crippen LogP contribution in [0.15, 0.2) is 42.5 Å². The molecule has 0 bridgehead atoms. The van der Waals surface area contributed by atoms with Crippen LogP contribution in [0.2, 0.25) is 10.0 Å². The minimum absolute atomic E-state index is 0.0256. The van der Waals surface area contributed by atoms with Gasteiger partial charge in [0.05, 0.1) is 0 Å². The molecule has 0 aliphatic rings. The topological polar surface area (TPSA) is 58.6 Å². The van der Waals surface area contributed by atoms with Crippen molar-refractivity contribution in [3.8, 4) is 5.75 Å². The van der Waals surface area contributed by atoms with Gasteiger partial charge in [0, 0.05) is 22.1 Å². The maximum absolute atomic E-state index is 13.3. The minimum atomic E-state index is -0.676. The first-order valence-corrected chi connectivity index (χ1v) is 12.3. The predicted octanol–water partition coefficient (Wildman–Crippen LogP) is 6.39. The summed E-state index contributed by atoms with van der Waals surface area (Å²) in [5.41, 5.74) is 1.48. The van der Waals surface area contributed by atoms with E-state index in [9.17, 15) is 9.59 Å². The summed E-state index contributed by atoms with van der Waals surface area (Å²) in [5.74, 6) is 0.0720. The summed E-state index contributed by atoms with van der Waals surface area (Å²) in [6.45, 7) is 14.0. The number of nitrogens with one attached hydrogen (secondary N) is 1.